The zero-order chi connectivity index (χ0) is 20.1. The molecule has 8 heteroatoms. The second-order valence-electron chi connectivity index (χ2n) is 8.79. The molecule has 3 fully saturated rings. The van der Waals surface area contributed by atoms with Gasteiger partial charge in [-0.15, -0.1) is 24.0 Å². The van der Waals surface area contributed by atoms with Gasteiger partial charge in [-0.3, -0.25) is 14.7 Å². The van der Waals surface area contributed by atoms with Gasteiger partial charge in [0, 0.05) is 51.9 Å². The van der Waals surface area contributed by atoms with Crippen molar-refractivity contribution in [3.05, 3.63) is 0 Å². The van der Waals surface area contributed by atoms with Crippen molar-refractivity contribution in [1.82, 2.24) is 24.9 Å². The summed E-state index contributed by atoms with van der Waals surface area (Å²) in [6.07, 6.45) is 5.00. The maximum Gasteiger partial charge on any atom is 0.239 e. The van der Waals surface area contributed by atoms with E-state index in [9.17, 15) is 4.79 Å². The maximum absolute atomic E-state index is 12.7. The van der Waals surface area contributed by atoms with Gasteiger partial charge in [0.1, 0.15) is 0 Å². The van der Waals surface area contributed by atoms with Crippen LogP contribution in [0.1, 0.15) is 39.5 Å². The molecule has 1 aliphatic carbocycles. The molecule has 168 valence electrons. The number of likely N-dealkylation sites (N-methyl/N-ethyl adjacent to an activating group) is 1. The summed E-state index contributed by atoms with van der Waals surface area (Å²) in [5.41, 5.74) is 0. The van der Waals surface area contributed by atoms with E-state index in [1.165, 1.54) is 12.8 Å². The van der Waals surface area contributed by atoms with Crippen LogP contribution in [-0.2, 0) is 4.79 Å². The van der Waals surface area contributed by atoms with E-state index >= 15 is 0 Å². The fourth-order valence-electron chi connectivity index (χ4n) is 4.50. The lowest BCUT2D eigenvalue weighted by Crippen LogP contribution is -2.57. The highest BCUT2D eigenvalue weighted by atomic mass is 127. The first-order valence-electron chi connectivity index (χ1n) is 11.2. The molecule has 29 heavy (non-hydrogen) atoms. The van der Waals surface area contributed by atoms with Crippen molar-refractivity contribution < 1.29 is 4.79 Å². The molecule has 0 aromatic heterocycles. The molecule has 3 rings (SSSR count). The molecule has 2 aliphatic heterocycles. The van der Waals surface area contributed by atoms with Crippen molar-refractivity contribution in [3.63, 3.8) is 0 Å². The second kappa shape index (κ2) is 11.7. The number of halogens is 1. The second-order valence-corrected chi connectivity index (χ2v) is 8.79. The first-order chi connectivity index (χ1) is 13.5. The van der Waals surface area contributed by atoms with Crippen molar-refractivity contribution in [3.8, 4) is 0 Å². The predicted molar refractivity (Wildman–Crippen MR) is 130 cm³/mol. The zero-order valence-corrected chi connectivity index (χ0v) is 21.1. The van der Waals surface area contributed by atoms with Crippen molar-refractivity contribution in [2.75, 3.05) is 66.5 Å². The van der Waals surface area contributed by atoms with Crippen LogP contribution in [0.5, 0.6) is 0 Å². The number of carbonyl (C=O) groups excluding carboxylic acids is 1. The van der Waals surface area contributed by atoms with Gasteiger partial charge in [-0.1, -0.05) is 0 Å². The Balaban J connectivity index is 0.00000300. The third-order valence-electron chi connectivity index (χ3n) is 6.53. The Morgan fingerprint density at radius 1 is 1.07 bits per heavy atom. The van der Waals surface area contributed by atoms with Gasteiger partial charge >= 0.3 is 0 Å². The summed E-state index contributed by atoms with van der Waals surface area (Å²) < 4.78 is 0. The van der Waals surface area contributed by atoms with E-state index in [0.717, 1.165) is 77.1 Å². The number of rotatable bonds is 7. The molecule has 2 atom stereocenters. The van der Waals surface area contributed by atoms with E-state index in [-0.39, 0.29) is 30.0 Å². The third-order valence-corrected chi connectivity index (χ3v) is 6.53. The van der Waals surface area contributed by atoms with Crippen LogP contribution in [-0.4, -0.2) is 110 Å². The van der Waals surface area contributed by atoms with Crippen LogP contribution in [0.4, 0.5) is 0 Å². The predicted octanol–water partition coefficient (Wildman–Crippen LogP) is 1.54. The standard InChI is InChI=1S/C21H40N6O.HI/c1-5-22-21(23-16-19(24(3)4)18-8-9-18)27-14-12-25(13-15-27)17(2)20(28)26-10-6-7-11-26;/h17-19H,5-16H2,1-4H3,(H,22,23);1H. The van der Waals surface area contributed by atoms with Crippen LogP contribution in [0.3, 0.4) is 0 Å². The summed E-state index contributed by atoms with van der Waals surface area (Å²) in [6.45, 7) is 11.5. The lowest BCUT2D eigenvalue weighted by Gasteiger charge is -2.39. The molecule has 0 aromatic carbocycles. The Hall–Kier alpha value is -0.610. The van der Waals surface area contributed by atoms with E-state index in [4.69, 9.17) is 4.99 Å². The number of nitrogens with one attached hydrogen (secondary N) is 1. The van der Waals surface area contributed by atoms with Gasteiger partial charge in [0.2, 0.25) is 5.91 Å². The number of guanidine groups is 1. The van der Waals surface area contributed by atoms with Gasteiger partial charge in [-0.25, -0.2) is 0 Å². The number of carbonyl (C=O) groups is 1. The summed E-state index contributed by atoms with van der Waals surface area (Å²) >= 11 is 0. The van der Waals surface area contributed by atoms with Crippen molar-refractivity contribution in [1.29, 1.82) is 0 Å². The van der Waals surface area contributed by atoms with Gasteiger partial charge in [-0.05, 0) is 59.5 Å². The number of amides is 1. The Morgan fingerprint density at radius 3 is 2.21 bits per heavy atom. The summed E-state index contributed by atoms with van der Waals surface area (Å²) in [4.78, 5) is 26.8. The lowest BCUT2D eigenvalue weighted by atomic mass is 10.1. The third kappa shape index (κ3) is 6.69. The zero-order valence-electron chi connectivity index (χ0n) is 18.8. The summed E-state index contributed by atoms with van der Waals surface area (Å²) in [5.74, 6) is 2.16. The van der Waals surface area contributed by atoms with Crippen LogP contribution >= 0.6 is 24.0 Å². The van der Waals surface area contributed by atoms with Crippen molar-refractivity contribution in [2.24, 2.45) is 10.9 Å². The maximum atomic E-state index is 12.7. The largest absolute Gasteiger partial charge is 0.357 e. The fourth-order valence-corrected chi connectivity index (χ4v) is 4.50. The molecule has 0 radical (unpaired) electrons. The molecule has 2 saturated heterocycles. The topological polar surface area (TPSA) is 54.4 Å². The first-order valence-corrected chi connectivity index (χ1v) is 11.2. The average Bonchev–Trinajstić information content (AvgIpc) is 3.38. The highest BCUT2D eigenvalue weighted by Gasteiger charge is 2.33. The van der Waals surface area contributed by atoms with E-state index in [1.807, 2.05) is 4.90 Å². The Bertz CT molecular complexity index is 537. The number of hydrogen-bond donors (Lipinski definition) is 1. The van der Waals surface area contributed by atoms with Crippen LogP contribution in [0, 0.1) is 5.92 Å². The Kier molecular flexibility index (Phi) is 9.94. The van der Waals surface area contributed by atoms with Gasteiger partial charge in [-0.2, -0.15) is 0 Å². The SMILES string of the molecule is CCNC(=NCC(C1CC1)N(C)C)N1CCN(C(C)C(=O)N2CCCC2)CC1.I. The van der Waals surface area contributed by atoms with E-state index in [2.05, 4.69) is 48.0 Å². The van der Waals surface area contributed by atoms with Crippen LogP contribution in [0.15, 0.2) is 4.99 Å². The average molecular weight is 521 g/mol. The van der Waals surface area contributed by atoms with Gasteiger partial charge < -0.3 is 20.0 Å². The number of nitrogens with zero attached hydrogens (tertiary/aromatic N) is 5. The molecule has 2 unspecified atom stereocenters. The molecule has 3 aliphatic rings. The lowest BCUT2D eigenvalue weighted by molar-refractivity contribution is -0.135. The van der Waals surface area contributed by atoms with Gasteiger partial charge in [0.15, 0.2) is 5.96 Å². The number of likely N-dealkylation sites (tertiary alicyclic amines) is 1. The summed E-state index contributed by atoms with van der Waals surface area (Å²) in [7, 11) is 4.34. The Morgan fingerprint density at radius 2 is 1.69 bits per heavy atom. The molecule has 2 heterocycles. The highest BCUT2D eigenvalue weighted by molar-refractivity contribution is 14.0. The molecular formula is C21H41IN6O. The quantitative estimate of drug-likeness (QED) is 0.314. The van der Waals surface area contributed by atoms with Crippen molar-refractivity contribution >= 4 is 35.8 Å². The fraction of sp³-hybridized carbons (Fsp3) is 0.905. The summed E-state index contributed by atoms with van der Waals surface area (Å²) in [6, 6.07) is 0.542. The highest BCUT2D eigenvalue weighted by Crippen LogP contribution is 2.34. The summed E-state index contributed by atoms with van der Waals surface area (Å²) in [5, 5.41) is 3.48. The molecule has 1 amide bonds. The molecular weight excluding hydrogens is 479 g/mol. The normalized spacial score (nSPS) is 23.1. The van der Waals surface area contributed by atoms with E-state index < -0.39 is 0 Å². The van der Waals surface area contributed by atoms with Gasteiger partial charge in [0.25, 0.3) is 0 Å². The smallest absolute Gasteiger partial charge is 0.239 e. The molecule has 7 nitrogen and oxygen atoms in total. The molecule has 0 spiro atoms. The van der Waals surface area contributed by atoms with E-state index in [0.29, 0.717) is 11.9 Å². The molecule has 0 bridgehead atoms. The molecule has 1 saturated carbocycles. The molecule has 1 N–H and O–H groups in total. The number of hydrogen-bond acceptors (Lipinski definition) is 4. The van der Waals surface area contributed by atoms with E-state index in [1.54, 1.807) is 0 Å². The van der Waals surface area contributed by atoms with Gasteiger partial charge in [0.05, 0.1) is 12.6 Å². The minimum atomic E-state index is -0.00670. The monoisotopic (exact) mass is 520 g/mol. The van der Waals surface area contributed by atoms with Crippen LogP contribution in [0.2, 0.25) is 0 Å². The van der Waals surface area contributed by atoms with Crippen LogP contribution < -0.4 is 5.32 Å². The number of aliphatic imine (C=N–C) groups is 1. The first kappa shape index (κ1) is 24.7. The molecule has 0 aromatic rings. The Labute approximate surface area is 194 Å². The van der Waals surface area contributed by atoms with Crippen LogP contribution in [0.25, 0.3) is 0 Å². The minimum Gasteiger partial charge on any atom is -0.357 e. The van der Waals surface area contributed by atoms with Crippen molar-refractivity contribution in [2.45, 2.75) is 51.6 Å². The minimum absolute atomic E-state index is 0. The number of piperazine rings is 1.